The number of aromatic nitrogens is 3. The Morgan fingerprint density at radius 2 is 1.87 bits per heavy atom. The summed E-state index contributed by atoms with van der Waals surface area (Å²) in [6.07, 6.45) is 3.56. The van der Waals surface area contributed by atoms with E-state index in [0.717, 1.165) is 30.7 Å². The zero-order valence-corrected chi connectivity index (χ0v) is 17.9. The Morgan fingerprint density at radius 3 is 2.68 bits per heavy atom. The molecule has 0 saturated heterocycles. The van der Waals surface area contributed by atoms with Gasteiger partial charge in [-0.2, -0.15) is 0 Å². The number of carbonyl (C=O) groups is 1. The molecule has 4 rings (SSSR count). The fourth-order valence-electron chi connectivity index (χ4n) is 3.89. The number of carbonyl (C=O) groups excluding carboxylic acids is 1. The quantitative estimate of drug-likeness (QED) is 0.479. The van der Waals surface area contributed by atoms with Crippen molar-refractivity contribution in [3.05, 3.63) is 82.4 Å². The molecule has 0 bridgehead atoms. The van der Waals surface area contributed by atoms with E-state index in [1.165, 1.54) is 0 Å². The molecule has 3 aromatic heterocycles. The second kappa shape index (κ2) is 9.14. The molecular formula is C24H27N5O2. The Hall–Kier alpha value is -3.45. The first-order chi connectivity index (χ1) is 15.1. The first-order valence-electron chi connectivity index (χ1n) is 10.7. The number of hydrogen-bond acceptors (Lipinski definition) is 4. The number of hydrogen-bond donors (Lipinski definition) is 1. The average Bonchev–Trinajstić information content (AvgIpc) is 3.30. The minimum absolute atomic E-state index is 0.105. The zero-order chi connectivity index (χ0) is 21.8. The van der Waals surface area contributed by atoms with Gasteiger partial charge in [0.15, 0.2) is 5.65 Å². The Morgan fingerprint density at radius 1 is 1.06 bits per heavy atom. The van der Waals surface area contributed by atoms with E-state index in [-0.39, 0.29) is 11.5 Å². The monoisotopic (exact) mass is 417 g/mol. The molecule has 31 heavy (non-hydrogen) atoms. The van der Waals surface area contributed by atoms with Crippen LogP contribution in [0.2, 0.25) is 0 Å². The Bertz CT molecular complexity index is 1270. The first-order valence-corrected chi connectivity index (χ1v) is 10.7. The van der Waals surface area contributed by atoms with Crippen LogP contribution in [0.3, 0.4) is 0 Å². The molecule has 0 unspecified atom stereocenters. The second-order valence-corrected chi connectivity index (χ2v) is 7.48. The number of likely N-dealkylation sites (N-methyl/N-ethyl adjacent to an activating group) is 1. The minimum Gasteiger partial charge on any atom is -0.351 e. The molecule has 7 heteroatoms. The topological polar surface area (TPSA) is 71.6 Å². The van der Waals surface area contributed by atoms with E-state index in [1.807, 2.05) is 53.1 Å². The SMILES string of the molecule is CCN(CC)CCNC(=O)c1cccc(Cn2c(=O)c3cccn3c3cccnc32)c1. The van der Waals surface area contributed by atoms with Gasteiger partial charge in [-0.25, -0.2) is 4.98 Å². The van der Waals surface area contributed by atoms with E-state index in [9.17, 15) is 9.59 Å². The highest BCUT2D eigenvalue weighted by Crippen LogP contribution is 2.15. The fraction of sp³-hybridized carbons (Fsp3) is 0.292. The molecule has 0 fully saturated rings. The van der Waals surface area contributed by atoms with Gasteiger partial charge < -0.3 is 14.6 Å². The number of benzene rings is 1. The summed E-state index contributed by atoms with van der Waals surface area (Å²) in [6, 6.07) is 14.9. The van der Waals surface area contributed by atoms with Gasteiger partial charge in [-0.1, -0.05) is 26.0 Å². The molecule has 1 amide bonds. The summed E-state index contributed by atoms with van der Waals surface area (Å²) in [6.45, 7) is 7.91. The van der Waals surface area contributed by atoms with Crippen LogP contribution < -0.4 is 10.9 Å². The average molecular weight is 418 g/mol. The normalized spacial score (nSPS) is 11.5. The molecule has 1 aromatic carbocycles. The van der Waals surface area contributed by atoms with Gasteiger partial charge in [-0.05, 0) is 55.1 Å². The van der Waals surface area contributed by atoms with E-state index in [2.05, 4.69) is 29.0 Å². The summed E-state index contributed by atoms with van der Waals surface area (Å²) < 4.78 is 3.53. The third-order valence-corrected chi connectivity index (χ3v) is 5.63. The van der Waals surface area contributed by atoms with Crippen molar-refractivity contribution in [1.82, 2.24) is 24.2 Å². The highest BCUT2D eigenvalue weighted by atomic mass is 16.1. The lowest BCUT2D eigenvalue weighted by Gasteiger charge is -2.18. The molecule has 0 atom stereocenters. The summed E-state index contributed by atoms with van der Waals surface area (Å²) in [7, 11) is 0. The summed E-state index contributed by atoms with van der Waals surface area (Å²) in [4.78, 5) is 32.4. The minimum atomic E-state index is -0.106. The molecule has 0 aliphatic heterocycles. The number of nitrogens with zero attached hydrogens (tertiary/aromatic N) is 4. The van der Waals surface area contributed by atoms with Crippen LogP contribution in [0.5, 0.6) is 0 Å². The van der Waals surface area contributed by atoms with Crippen LogP contribution in [0.4, 0.5) is 0 Å². The predicted octanol–water partition coefficient (Wildman–Crippen LogP) is 2.77. The van der Waals surface area contributed by atoms with Crippen LogP contribution in [-0.2, 0) is 6.54 Å². The molecule has 0 spiro atoms. The highest BCUT2D eigenvalue weighted by molar-refractivity contribution is 5.94. The summed E-state index contributed by atoms with van der Waals surface area (Å²) in [5.74, 6) is -0.105. The Kier molecular flexibility index (Phi) is 6.13. The van der Waals surface area contributed by atoms with Gasteiger partial charge in [0.2, 0.25) is 0 Å². The van der Waals surface area contributed by atoms with E-state index in [1.54, 1.807) is 16.8 Å². The number of nitrogens with one attached hydrogen (secondary N) is 1. The van der Waals surface area contributed by atoms with Crippen LogP contribution in [0.1, 0.15) is 29.8 Å². The Labute approximate surface area is 180 Å². The standard InChI is InChI=1S/C24H27N5O2/c1-3-27(4-2)15-13-26-23(30)19-9-5-8-18(16-19)17-29-22-20(10-6-12-25-22)28-14-7-11-21(28)24(29)31/h5-12,14,16H,3-4,13,15,17H2,1-2H3,(H,26,30). The fourth-order valence-corrected chi connectivity index (χ4v) is 3.89. The third-order valence-electron chi connectivity index (χ3n) is 5.63. The van der Waals surface area contributed by atoms with Crippen LogP contribution in [0.25, 0.3) is 16.7 Å². The van der Waals surface area contributed by atoms with Crippen molar-refractivity contribution < 1.29 is 4.79 Å². The molecular weight excluding hydrogens is 390 g/mol. The van der Waals surface area contributed by atoms with Crippen LogP contribution >= 0.6 is 0 Å². The number of amides is 1. The lowest BCUT2D eigenvalue weighted by atomic mass is 10.1. The molecule has 0 radical (unpaired) electrons. The van der Waals surface area contributed by atoms with E-state index >= 15 is 0 Å². The van der Waals surface area contributed by atoms with Gasteiger partial charge in [0.05, 0.1) is 12.1 Å². The van der Waals surface area contributed by atoms with Crippen LogP contribution in [-0.4, -0.2) is 50.9 Å². The van der Waals surface area contributed by atoms with Crippen molar-refractivity contribution in [2.45, 2.75) is 20.4 Å². The van der Waals surface area contributed by atoms with Gasteiger partial charge in [-0.3, -0.25) is 14.2 Å². The molecule has 0 aliphatic rings. The zero-order valence-electron chi connectivity index (χ0n) is 17.9. The Balaban J connectivity index is 1.59. The smallest absolute Gasteiger partial charge is 0.276 e. The third kappa shape index (κ3) is 4.22. The van der Waals surface area contributed by atoms with E-state index < -0.39 is 0 Å². The van der Waals surface area contributed by atoms with Crippen molar-refractivity contribution in [3.8, 4) is 0 Å². The van der Waals surface area contributed by atoms with Gasteiger partial charge >= 0.3 is 0 Å². The van der Waals surface area contributed by atoms with Gasteiger partial charge in [0.25, 0.3) is 11.5 Å². The maximum Gasteiger partial charge on any atom is 0.276 e. The molecule has 1 N–H and O–H groups in total. The van der Waals surface area contributed by atoms with E-state index in [4.69, 9.17) is 0 Å². The summed E-state index contributed by atoms with van der Waals surface area (Å²) in [5, 5.41) is 2.99. The lowest BCUT2D eigenvalue weighted by molar-refractivity contribution is 0.0949. The van der Waals surface area contributed by atoms with Crippen molar-refractivity contribution in [3.63, 3.8) is 0 Å². The summed E-state index contributed by atoms with van der Waals surface area (Å²) in [5.41, 5.74) is 3.45. The summed E-state index contributed by atoms with van der Waals surface area (Å²) >= 11 is 0. The van der Waals surface area contributed by atoms with Gasteiger partial charge in [-0.15, -0.1) is 0 Å². The largest absolute Gasteiger partial charge is 0.351 e. The predicted molar refractivity (Wildman–Crippen MR) is 123 cm³/mol. The van der Waals surface area contributed by atoms with Crippen molar-refractivity contribution in [2.24, 2.45) is 0 Å². The first kappa shape index (κ1) is 20.8. The van der Waals surface area contributed by atoms with Gasteiger partial charge in [0.1, 0.15) is 5.52 Å². The van der Waals surface area contributed by atoms with Gasteiger partial charge in [0, 0.05) is 31.0 Å². The van der Waals surface area contributed by atoms with Crippen molar-refractivity contribution in [1.29, 1.82) is 0 Å². The number of pyridine rings is 1. The lowest BCUT2D eigenvalue weighted by Crippen LogP contribution is -2.34. The van der Waals surface area contributed by atoms with Crippen molar-refractivity contribution in [2.75, 3.05) is 26.2 Å². The molecule has 3 heterocycles. The van der Waals surface area contributed by atoms with Crippen LogP contribution in [0, 0.1) is 0 Å². The molecule has 0 aliphatic carbocycles. The van der Waals surface area contributed by atoms with Crippen LogP contribution in [0.15, 0.2) is 65.7 Å². The molecule has 7 nitrogen and oxygen atoms in total. The number of rotatable bonds is 8. The highest BCUT2D eigenvalue weighted by Gasteiger charge is 2.13. The molecule has 0 saturated carbocycles. The number of fused-ring (bicyclic) bond motifs is 3. The molecule has 160 valence electrons. The van der Waals surface area contributed by atoms with Crippen molar-refractivity contribution >= 4 is 22.6 Å². The maximum absolute atomic E-state index is 13.1. The van der Waals surface area contributed by atoms with E-state index in [0.29, 0.717) is 29.8 Å². The second-order valence-electron chi connectivity index (χ2n) is 7.48. The maximum atomic E-state index is 13.1. The molecule has 4 aromatic rings.